The van der Waals surface area contributed by atoms with Gasteiger partial charge in [0.05, 0.1) is 12.7 Å². The van der Waals surface area contributed by atoms with E-state index < -0.39 is 0 Å². The third-order valence-electron chi connectivity index (χ3n) is 5.01. The van der Waals surface area contributed by atoms with Gasteiger partial charge in [0.25, 0.3) is 0 Å². The number of carbonyl (C=O) groups excluding carboxylic acids is 1. The molecule has 0 atom stereocenters. The van der Waals surface area contributed by atoms with Gasteiger partial charge in [-0.1, -0.05) is 55.5 Å². The van der Waals surface area contributed by atoms with Crippen LogP contribution in [0.3, 0.4) is 0 Å². The second-order valence-electron chi connectivity index (χ2n) is 7.15. The number of urea groups is 1. The standard InChI is InChI=1S/C23H30N2O3/c1-2-18-3-5-19(6-4-18)15-24-23(26)25-16-20-7-9-21(10-8-20)17-28-22-11-13-27-14-12-22/h3-10,22H,2,11-17H2,1H3,(H2,24,25,26). The average molecular weight is 383 g/mol. The Morgan fingerprint density at radius 3 is 1.93 bits per heavy atom. The largest absolute Gasteiger partial charge is 0.381 e. The minimum Gasteiger partial charge on any atom is -0.381 e. The molecule has 0 aromatic heterocycles. The van der Waals surface area contributed by atoms with Crippen LogP contribution in [0.5, 0.6) is 0 Å². The van der Waals surface area contributed by atoms with Crippen molar-refractivity contribution >= 4 is 6.03 Å². The first-order valence-electron chi connectivity index (χ1n) is 10.1. The van der Waals surface area contributed by atoms with Gasteiger partial charge in [-0.05, 0) is 41.5 Å². The highest BCUT2D eigenvalue weighted by Crippen LogP contribution is 2.14. The maximum absolute atomic E-state index is 12.0. The highest BCUT2D eigenvalue weighted by Gasteiger charge is 2.13. The van der Waals surface area contributed by atoms with Crippen molar-refractivity contribution in [3.05, 3.63) is 70.8 Å². The maximum Gasteiger partial charge on any atom is 0.315 e. The Hall–Kier alpha value is -2.37. The molecule has 3 rings (SSSR count). The Morgan fingerprint density at radius 1 is 0.893 bits per heavy atom. The lowest BCUT2D eigenvalue weighted by Crippen LogP contribution is -2.34. The fourth-order valence-electron chi connectivity index (χ4n) is 3.13. The van der Waals surface area contributed by atoms with Gasteiger partial charge >= 0.3 is 6.03 Å². The molecule has 0 radical (unpaired) electrons. The van der Waals surface area contributed by atoms with E-state index in [0.29, 0.717) is 25.8 Å². The summed E-state index contributed by atoms with van der Waals surface area (Å²) in [6, 6.07) is 16.3. The Morgan fingerprint density at radius 2 is 1.39 bits per heavy atom. The predicted molar refractivity (Wildman–Crippen MR) is 110 cm³/mol. The van der Waals surface area contributed by atoms with Crippen LogP contribution in [0.1, 0.15) is 42.0 Å². The summed E-state index contributed by atoms with van der Waals surface area (Å²) in [5.41, 5.74) is 4.61. The molecule has 2 aromatic rings. The first kappa shape index (κ1) is 20.4. The first-order chi connectivity index (χ1) is 13.7. The van der Waals surface area contributed by atoms with Gasteiger partial charge in [-0.3, -0.25) is 0 Å². The molecular formula is C23H30N2O3. The molecule has 1 fully saturated rings. The van der Waals surface area contributed by atoms with Crippen molar-refractivity contribution in [1.82, 2.24) is 10.6 Å². The van der Waals surface area contributed by atoms with E-state index in [0.717, 1.165) is 49.2 Å². The molecule has 0 aliphatic carbocycles. The first-order valence-corrected chi connectivity index (χ1v) is 10.1. The minimum absolute atomic E-state index is 0.161. The van der Waals surface area contributed by atoms with Gasteiger partial charge in [0, 0.05) is 26.3 Å². The van der Waals surface area contributed by atoms with Crippen molar-refractivity contribution < 1.29 is 14.3 Å². The van der Waals surface area contributed by atoms with Crippen molar-refractivity contribution in [3.63, 3.8) is 0 Å². The molecule has 2 aromatic carbocycles. The molecule has 1 heterocycles. The maximum atomic E-state index is 12.0. The summed E-state index contributed by atoms with van der Waals surface area (Å²) in [7, 11) is 0. The number of aryl methyl sites for hydroxylation is 1. The van der Waals surface area contributed by atoms with Crippen molar-refractivity contribution in [2.24, 2.45) is 0 Å². The molecule has 0 unspecified atom stereocenters. The summed E-state index contributed by atoms with van der Waals surface area (Å²) in [5.74, 6) is 0. The SMILES string of the molecule is CCc1ccc(CNC(=O)NCc2ccc(COC3CCOCC3)cc2)cc1. The van der Waals surface area contributed by atoms with Crippen molar-refractivity contribution in [3.8, 4) is 0 Å². The Bertz CT molecular complexity index is 723. The van der Waals surface area contributed by atoms with Crippen LogP contribution in [0.2, 0.25) is 0 Å². The highest BCUT2D eigenvalue weighted by molar-refractivity contribution is 5.73. The summed E-state index contributed by atoms with van der Waals surface area (Å²) >= 11 is 0. The zero-order valence-electron chi connectivity index (χ0n) is 16.6. The fourth-order valence-corrected chi connectivity index (χ4v) is 3.13. The smallest absolute Gasteiger partial charge is 0.315 e. The summed E-state index contributed by atoms with van der Waals surface area (Å²) in [5, 5.41) is 5.79. The summed E-state index contributed by atoms with van der Waals surface area (Å²) in [6.45, 7) is 5.37. The van der Waals surface area contributed by atoms with Gasteiger partial charge in [0.15, 0.2) is 0 Å². The van der Waals surface area contributed by atoms with Gasteiger partial charge < -0.3 is 20.1 Å². The number of nitrogens with one attached hydrogen (secondary N) is 2. The predicted octanol–water partition coefficient (Wildman–Crippen LogP) is 3.94. The lowest BCUT2D eigenvalue weighted by molar-refractivity contribution is -0.0390. The normalized spacial score (nSPS) is 14.6. The van der Waals surface area contributed by atoms with E-state index in [9.17, 15) is 4.79 Å². The van der Waals surface area contributed by atoms with Gasteiger partial charge in [0.1, 0.15) is 0 Å². The molecule has 150 valence electrons. The Balaban J connectivity index is 1.35. The number of hydrogen-bond acceptors (Lipinski definition) is 3. The quantitative estimate of drug-likeness (QED) is 0.727. The minimum atomic E-state index is -0.161. The lowest BCUT2D eigenvalue weighted by Gasteiger charge is -2.22. The van der Waals surface area contributed by atoms with Crippen LogP contribution in [0.4, 0.5) is 4.79 Å². The monoisotopic (exact) mass is 382 g/mol. The Labute approximate surface area is 167 Å². The number of amides is 2. The molecule has 2 N–H and O–H groups in total. The van der Waals surface area contributed by atoms with E-state index in [1.165, 1.54) is 5.56 Å². The molecule has 5 nitrogen and oxygen atoms in total. The molecular weight excluding hydrogens is 352 g/mol. The van der Waals surface area contributed by atoms with Crippen LogP contribution >= 0.6 is 0 Å². The van der Waals surface area contributed by atoms with Crippen molar-refractivity contribution in [2.45, 2.75) is 52.0 Å². The summed E-state index contributed by atoms with van der Waals surface area (Å²) in [6.07, 6.45) is 3.27. The number of ether oxygens (including phenoxy) is 2. The zero-order valence-corrected chi connectivity index (χ0v) is 16.6. The van der Waals surface area contributed by atoms with Crippen LogP contribution in [0, 0.1) is 0 Å². The summed E-state index contributed by atoms with van der Waals surface area (Å²) < 4.78 is 11.3. The number of hydrogen-bond donors (Lipinski definition) is 2. The van der Waals surface area contributed by atoms with Crippen LogP contribution < -0.4 is 10.6 Å². The van der Waals surface area contributed by atoms with Crippen LogP contribution in [0.25, 0.3) is 0 Å². The molecule has 0 spiro atoms. The Kier molecular flexibility index (Phi) is 7.88. The van der Waals surface area contributed by atoms with Crippen LogP contribution in [0.15, 0.2) is 48.5 Å². The second-order valence-corrected chi connectivity index (χ2v) is 7.15. The molecule has 0 bridgehead atoms. The average Bonchev–Trinajstić information content (AvgIpc) is 2.76. The third kappa shape index (κ3) is 6.66. The zero-order chi connectivity index (χ0) is 19.6. The molecule has 0 saturated carbocycles. The van der Waals surface area contributed by atoms with Gasteiger partial charge in [-0.15, -0.1) is 0 Å². The number of carbonyl (C=O) groups is 1. The number of rotatable bonds is 8. The second kappa shape index (κ2) is 10.8. The molecule has 2 amide bonds. The number of benzene rings is 2. The molecule has 28 heavy (non-hydrogen) atoms. The highest BCUT2D eigenvalue weighted by atomic mass is 16.5. The van der Waals surface area contributed by atoms with Crippen molar-refractivity contribution in [2.75, 3.05) is 13.2 Å². The topological polar surface area (TPSA) is 59.6 Å². The summed E-state index contributed by atoms with van der Waals surface area (Å²) in [4.78, 5) is 12.0. The van der Waals surface area contributed by atoms with E-state index in [2.05, 4.69) is 54.0 Å². The fraction of sp³-hybridized carbons (Fsp3) is 0.435. The van der Waals surface area contributed by atoms with Crippen LogP contribution in [-0.2, 0) is 35.6 Å². The van der Waals surface area contributed by atoms with Crippen LogP contribution in [-0.4, -0.2) is 25.3 Å². The molecule has 1 aliphatic rings. The van der Waals surface area contributed by atoms with E-state index in [1.807, 2.05) is 12.1 Å². The van der Waals surface area contributed by atoms with Gasteiger partial charge in [-0.25, -0.2) is 4.79 Å². The van der Waals surface area contributed by atoms with E-state index >= 15 is 0 Å². The molecule has 1 aliphatic heterocycles. The third-order valence-corrected chi connectivity index (χ3v) is 5.01. The van der Waals surface area contributed by atoms with E-state index in [-0.39, 0.29) is 6.03 Å². The lowest BCUT2D eigenvalue weighted by atomic mass is 10.1. The van der Waals surface area contributed by atoms with Gasteiger partial charge in [-0.2, -0.15) is 0 Å². The molecule has 5 heteroatoms. The molecule has 1 saturated heterocycles. The van der Waals surface area contributed by atoms with E-state index in [1.54, 1.807) is 0 Å². The van der Waals surface area contributed by atoms with Crippen molar-refractivity contribution in [1.29, 1.82) is 0 Å². The van der Waals surface area contributed by atoms with Gasteiger partial charge in [0.2, 0.25) is 0 Å². The van der Waals surface area contributed by atoms with E-state index in [4.69, 9.17) is 9.47 Å².